The molecule has 0 radical (unpaired) electrons. The average molecular weight is 302 g/mol. The summed E-state index contributed by atoms with van der Waals surface area (Å²) in [6.45, 7) is 7.09. The Bertz CT molecular complexity index is 570. The number of hydrogen-bond donors (Lipinski definition) is 1. The topological polar surface area (TPSA) is 37.3 Å². The molecule has 2 heteroatoms. The Morgan fingerprint density at radius 2 is 1.77 bits per heavy atom. The first-order chi connectivity index (χ1) is 10.3. The lowest BCUT2D eigenvalue weighted by molar-refractivity contribution is -0.187. The van der Waals surface area contributed by atoms with Crippen LogP contribution in [0, 0.1) is 45.3 Å². The van der Waals surface area contributed by atoms with Gasteiger partial charge in [-0.15, -0.1) is 0 Å². The van der Waals surface area contributed by atoms with E-state index < -0.39 is 11.4 Å². The molecule has 0 aliphatic heterocycles. The first kappa shape index (κ1) is 13.9. The van der Waals surface area contributed by atoms with E-state index >= 15 is 0 Å². The van der Waals surface area contributed by atoms with Gasteiger partial charge in [0.25, 0.3) is 0 Å². The molecule has 0 aromatic heterocycles. The molecule has 6 rings (SSSR count). The number of aliphatic carboxylic acids is 1. The van der Waals surface area contributed by atoms with Gasteiger partial charge in [0, 0.05) is 0 Å². The summed E-state index contributed by atoms with van der Waals surface area (Å²) in [6.07, 6.45) is 10.1. The molecule has 2 nitrogen and oxygen atoms in total. The standard InChI is InChI=1S/C20H30O2/c1-17-6-4-7-18(2,16(21)22)14(17)5-8-20-10-13-12(9-15(17)20)19(13,3)11-20/h12-15H,4-11H2,1-3H3,(H,21,22)/t12-,13+,14+,15+,17-,18-,19-,20+/m1/s1. The summed E-state index contributed by atoms with van der Waals surface area (Å²) in [6, 6.07) is 0. The van der Waals surface area contributed by atoms with Crippen molar-refractivity contribution in [2.75, 3.05) is 0 Å². The lowest BCUT2D eigenvalue weighted by Crippen LogP contribution is -2.59. The summed E-state index contributed by atoms with van der Waals surface area (Å²) < 4.78 is 0. The van der Waals surface area contributed by atoms with Gasteiger partial charge >= 0.3 is 5.97 Å². The van der Waals surface area contributed by atoms with Crippen molar-refractivity contribution in [3.05, 3.63) is 0 Å². The van der Waals surface area contributed by atoms with Gasteiger partial charge in [0.1, 0.15) is 0 Å². The van der Waals surface area contributed by atoms with Gasteiger partial charge in [0.2, 0.25) is 0 Å². The number of carboxylic acids is 1. The Balaban J connectivity index is 1.56. The molecule has 0 heterocycles. The molecule has 22 heavy (non-hydrogen) atoms. The van der Waals surface area contributed by atoms with Gasteiger partial charge < -0.3 is 5.11 Å². The van der Waals surface area contributed by atoms with E-state index in [0.717, 1.165) is 30.6 Å². The predicted octanol–water partition coefficient (Wildman–Crippen LogP) is 4.73. The van der Waals surface area contributed by atoms with Crippen LogP contribution in [-0.2, 0) is 4.79 Å². The number of carboxylic acid groups (broad SMARTS) is 1. The molecule has 8 atom stereocenters. The van der Waals surface area contributed by atoms with E-state index in [1.165, 1.54) is 38.5 Å². The monoisotopic (exact) mass is 302 g/mol. The molecule has 4 bridgehead atoms. The Hall–Kier alpha value is -0.530. The van der Waals surface area contributed by atoms with Crippen LogP contribution in [-0.4, -0.2) is 11.1 Å². The van der Waals surface area contributed by atoms with Gasteiger partial charge in [0.05, 0.1) is 5.41 Å². The molecule has 0 unspecified atom stereocenters. The minimum absolute atomic E-state index is 0.290. The van der Waals surface area contributed by atoms with Gasteiger partial charge in [-0.05, 0) is 91.8 Å². The normalized spacial score (nSPS) is 64.7. The van der Waals surface area contributed by atoms with Crippen LogP contribution in [0.15, 0.2) is 0 Å². The largest absolute Gasteiger partial charge is 0.481 e. The minimum atomic E-state index is -0.530. The Morgan fingerprint density at radius 3 is 2.41 bits per heavy atom. The molecule has 6 fully saturated rings. The molecule has 0 saturated heterocycles. The maximum atomic E-state index is 12.0. The van der Waals surface area contributed by atoms with E-state index in [2.05, 4.69) is 20.8 Å². The molecule has 6 aliphatic rings. The second kappa shape index (κ2) is 3.59. The first-order valence-corrected chi connectivity index (χ1v) is 9.50. The van der Waals surface area contributed by atoms with Crippen LogP contribution in [0.25, 0.3) is 0 Å². The minimum Gasteiger partial charge on any atom is -0.481 e. The van der Waals surface area contributed by atoms with Crippen molar-refractivity contribution >= 4 is 5.97 Å². The lowest BCUT2D eigenvalue weighted by atomic mass is 9.39. The van der Waals surface area contributed by atoms with Gasteiger partial charge in [-0.2, -0.15) is 0 Å². The van der Waals surface area contributed by atoms with Crippen molar-refractivity contribution in [2.45, 2.75) is 72.1 Å². The van der Waals surface area contributed by atoms with Crippen molar-refractivity contribution in [2.24, 2.45) is 45.3 Å². The molecule has 0 aromatic carbocycles. The number of fused-ring (bicyclic) bond motifs is 1. The molecule has 0 amide bonds. The van der Waals surface area contributed by atoms with Gasteiger partial charge in [-0.25, -0.2) is 0 Å². The summed E-state index contributed by atoms with van der Waals surface area (Å²) in [5.74, 6) is 2.70. The van der Waals surface area contributed by atoms with Crippen molar-refractivity contribution in [3.63, 3.8) is 0 Å². The summed E-state index contributed by atoms with van der Waals surface area (Å²) in [4.78, 5) is 12.0. The molecular formula is C20H30O2. The molecule has 0 aromatic rings. The van der Waals surface area contributed by atoms with Crippen LogP contribution in [0.3, 0.4) is 0 Å². The molecule has 6 saturated carbocycles. The van der Waals surface area contributed by atoms with Crippen LogP contribution >= 0.6 is 0 Å². The zero-order valence-electron chi connectivity index (χ0n) is 14.3. The Labute approximate surface area is 134 Å². The quantitative estimate of drug-likeness (QED) is 0.760. The van der Waals surface area contributed by atoms with Crippen LogP contribution in [0.5, 0.6) is 0 Å². The van der Waals surface area contributed by atoms with Crippen LogP contribution < -0.4 is 0 Å². The van der Waals surface area contributed by atoms with Gasteiger partial charge in [0.15, 0.2) is 0 Å². The second-order valence-corrected chi connectivity index (χ2v) is 10.4. The third kappa shape index (κ3) is 1.26. The van der Waals surface area contributed by atoms with Crippen LogP contribution in [0.2, 0.25) is 0 Å². The van der Waals surface area contributed by atoms with E-state index in [4.69, 9.17) is 0 Å². The first-order valence-electron chi connectivity index (χ1n) is 9.50. The van der Waals surface area contributed by atoms with Crippen molar-refractivity contribution < 1.29 is 9.90 Å². The summed E-state index contributed by atoms with van der Waals surface area (Å²) >= 11 is 0. The maximum Gasteiger partial charge on any atom is 0.309 e. The number of rotatable bonds is 1. The van der Waals surface area contributed by atoms with Gasteiger partial charge in [-0.3, -0.25) is 4.79 Å². The number of hydrogen-bond acceptors (Lipinski definition) is 1. The fourth-order valence-electron chi connectivity index (χ4n) is 8.87. The predicted molar refractivity (Wildman–Crippen MR) is 85.3 cm³/mol. The van der Waals surface area contributed by atoms with Crippen molar-refractivity contribution in [3.8, 4) is 0 Å². The van der Waals surface area contributed by atoms with E-state index in [1.807, 2.05) is 0 Å². The molecular weight excluding hydrogens is 272 g/mol. The van der Waals surface area contributed by atoms with Gasteiger partial charge in [-0.1, -0.05) is 20.3 Å². The smallest absolute Gasteiger partial charge is 0.309 e. The van der Waals surface area contributed by atoms with E-state index in [0.29, 0.717) is 22.2 Å². The third-order valence-electron chi connectivity index (χ3n) is 9.85. The summed E-state index contributed by atoms with van der Waals surface area (Å²) in [5, 5.41) is 9.92. The zero-order chi connectivity index (χ0) is 15.5. The van der Waals surface area contributed by atoms with E-state index in [1.54, 1.807) is 0 Å². The summed E-state index contributed by atoms with van der Waals surface area (Å²) in [7, 11) is 0. The highest BCUT2D eigenvalue weighted by Crippen LogP contribution is 2.85. The zero-order valence-corrected chi connectivity index (χ0v) is 14.3. The van der Waals surface area contributed by atoms with Crippen molar-refractivity contribution in [1.82, 2.24) is 0 Å². The summed E-state index contributed by atoms with van der Waals surface area (Å²) in [5.41, 5.74) is 1.10. The fourth-order valence-corrected chi connectivity index (χ4v) is 8.87. The van der Waals surface area contributed by atoms with Crippen LogP contribution in [0.1, 0.15) is 72.1 Å². The highest BCUT2D eigenvalue weighted by molar-refractivity contribution is 5.75. The van der Waals surface area contributed by atoms with Crippen molar-refractivity contribution in [1.29, 1.82) is 0 Å². The number of carbonyl (C=O) groups is 1. The highest BCUT2D eigenvalue weighted by Gasteiger charge is 2.78. The van der Waals surface area contributed by atoms with Crippen LogP contribution in [0.4, 0.5) is 0 Å². The van der Waals surface area contributed by atoms with E-state index in [9.17, 15) is 9.90 Å². The second-order valence-electron chi connectivity index (χ2n) is 10.4. The SMILES string of the molecule is C[C@@]12CCC[C@@](C)(C(=O)O)[C@H]1CC[C@@]13C[C@H]4[C@@H](C[C@H]12)[C@@]4(C)C3. The maximum absolute atomic E-state index is 12.0. The van der Waals surface area contributed by atoms with E-state index in [-0.39, 0.29) is 0 Å². The Morgan fingerprint density at radius 1 is 1.00 bits per heavy atom. The third-order valence-corrected chi connectivity index (χ3v) is 9.85. The molecule has 6 aliphatic carbocycles. The fraction of sp³-hybridized carbons (Fsp3) is 0.950. The molecule has 122 valence electrons. The lowest BCUT2D eigenvalue weighted by Gasteiger charge is -2.65. The molecule has 1 N–H and O–H groups in total. The average Bonchev–Trinajstić information content (AvgIpc) is 2.89. The highest BCUT2D eigenvalue weighted by atomic mass is 16.4. The molecule has 1 spiro atoms. The Kier molecular flexibility index (Phi) is 2.27.